The maximum Gasteiger partial charge on any atom is 0.221 e. The largest absolute Gasteiger partial charge is 0.353 e. The van der Waals surface area contributed by atoms with Gasteiger partial charge in [-0.3, -0.25) is 4.79 Å². The van der Waals surface area contributed by atoms with Gasteiger partial charge in [-0.25, -0.2) is 0 Å². The van der Waals surface area contributed by atoms with Gasteiger partial charge in [-0.2, -0.15) is 0 Å². The summed E-state index contributed by atoms with van der Waals surface area (Å²) in [6.07, 6.45) is 13.4. The molecule has 36 heavy (non-hydrogen) atoms. The van der Waals surface area contributed by atoms with Gasteiger partial charge in [0.05, 0.1) is 5.52 Å². The van der Waals surface area contributed by atoms with Gasteiger partial charge in [0.15, 0.2) is 0 Å². The van der Waals surface area contributed by atoms with E-state index in [9.17, 15) is 4.79 Å². The molecule has 1 aromatic heterocycles. The zero-order valence-corrected chi connectivity index (χ0v) is 23.1. The number of halogens is 1. The Balaban J connectivity index is 1.48. The van der Waals surface area contributed by atoms with Gasteiger partial charge >= 0.3 is 0 Å². The summed E-state index contributed by atoms with van der Waals surface area (Å²) in [4.78, 5) is 13.4. The van der Waals surface area contributed by atoms with Crippen LogP contribution in [-0.4, -0.2) is 22.6 Å². The molecule has 3 N–H and O–H groups in total. The predicted octanol–water partition coefficient (Wildman–Crippen LogP) is 7.20. The molecule has 1 unspecified atom stereocenters. The van der Waals surface area contributed by atoms with Crippen LogP contribution >= 0.6 is 15.9 Å². The first-order valence-electron chi connectivity index (χ1n) is 13.9. The molecule has 192 valence electrons. The summed E-state index contributed by atoms with van der Waals surface area (Å²) in [5.74, 6) is 0.887. The number of carbonyl (C=O) groups is 1. The van der Waals surface area contributed by atoms with Crippen LogP contribution in [0.2, 0.25) is 0 Å². The van der Waals surface area contributed by atoms with E-state index in [2.05, 4.69) is 81.4 Å². The molecule has 0 radical (unpaired) electrons. The molecule has 2 aliphatic carbocycles. The highest BCUT2D eigenvalue weighted by Crippen LogP contribution is 2.39. The maximum absolute atomic E-state index is 13.4. The number of para-hydroxylation sites is 1. The Morgan fingerprint density at radius 1 is 1.06 bits per heavy atom. The lowest BCUT2D eigenvalue weighted by Gasteiger charge is -2.27. The van der Waals surface area contributed by atoms with E-state index in [1.54, 1.807) is 0 Å². The van der Waals surface area contributed by atoms with Gasteiger partial charge in [0, 0.05) is 47.0 Å². The topological polar surface area (TPSA) is 60.1 Å². The number of nitrogens with two attached hydrogens (primary N) is 1. The van der Waals surface area contributed by atoms with Crippen LogP contribution in [0, 0.1) is 12.8 Å². The molecule has 5 rings (SSSR count). The lowest BCUT2D eigenvalue weighted by Crippen LogP contribution is -2.40. The summed E-state index contributed by atoms with van der Waals surface area (Å²) in [5, 5.41) is 4.60. The van der Waals surface area contributed by atoms with Crippen LogP contribution in [0.4, 0.5) is 0 Å². The normalized spacial score (nSPS) is 22.0. The minimum absolute atomic E-state index is 0.0140. The summed E-state index contributed by atoms with van der Waals surface area (Å²) in [6, 6.07) is 15.7. The van der Waals surface area contributed by atoms with Crippen LogP contribution in [0.15, 0.2) is 53.1 Å². The lowest BCUT2D eigenvalue weighted by atomic mass is 9.86. The van der Waals surface area contributed by atoms with Crippen LogP contribution in [0.3, 0.4) is 0 Å². The molecule has 0 bridgehead atoms. The first kappa shape index (κ1) is 25.5. The molecule has 0 aliphatic heterocycles. The van der Waals surface area contributed by atoms with Crippen molar-refractivity contribution in [2.24, 2.45) is 11.7 Å². The van der Waals surface area contributed by atoms with E-state index in [0.717, 1.165) is 42.6 Å². The fourth-order valence-corrected chi connectivity index (χ4v) is 7.04. The number of hydrogen-bond acceptors (Lipinski definition) is 2. The zero-order valence-electron chi connectivity index (χ0n) is 21.5. The van der Waals surface area contributed by atoms with Crippen LogP contribution in [-0.2, 0) is 11.3 Å². The van der Waals surface area contributed by atoms with E-state index in [0.29, 0.717) is 6.42 Å². The number of hydrogen-bond donors (Lipinski definition) is 2. The highest BCUT2D eigenvalue weighted by atomic mass is 79.9. The maximum atomic E-state index is 13.4. The number of aryl methyl sites for hydroxylation is 1. The molecule has 4 nitrogen and oxygen atoms in total. The molecule has 5 heteroatoms. The fraction of sp³-hybridized carbons (Fsp3) is 0.516. The molecule has 2 saturated carbocycles. The van der Waals surface area contributed by atoms with Gasteiger partial charge < -0.3 is 15.6 Å². The molecule has 1 atom stereocenters. The summed E-state index contributed by atoms with van der Waals surface area (Å²) in [6.45, 7) is 3.18. The van der Waals surface area contributed by atoms with Gasteiger partial charge in [0.1, 0.15) is 0 Å². The smallest absolute Gasteiger partial charge is 0.221 e. The molecule has 3 aromatic rings. The first-order valence-corrected chi connectivity index (χ1v) is 14.7. The third-order valence-corrected chi connectivity index (χ3v) is 9.05. The van der Waals surface area contributed by atoms with Gasteiger partial charge in [0.25, 0.3) is 0 Å². The Morgan fingerprint density at radius 3 is 2.56 bits per heavy atom. The fourth-order valence-electron chi connectivity index (χ4n) is 6.44. The Kier molecular flexibility index (Phi) is 8.17. The molecule has 1 amide bonds. The van der Waals surface area contributed by atoms with Crippen molar-refractivity contribution < 1.29 is 4.79 Å². The minimum atomic E-state index is 0.0140. The Hall–Kier alpha value is -2.11. The number of nitrogens with one attached hydrogen (secondary N) is 1. The third kappa shape index (κ3) is 5.89. The van der Waals surface area contributed by atoms with Crippen molar-refractivity contribution in [3.05, 3.63) is 69.8 Å². The van der Waals surface area contributed by atoms with E-state index in [-0.39, 0.29) is 23.9 Å². The molecule has 2 fully saturated rings. The zero-order chi connectivity index (χ0) is 25.1. The monoisotopic (exact) mass is 549 g/mol. The van der Waals surface area contributed by atoms with Crippen molar-refractivity contribution in [1.82, 2.24) is 9.88 Å². The van der Waals surface area contributed by atoms with Gasteiger partial charge in [-0.15, -0.1) is 0 Å². The molecule has 0 saturated heterocycles. The highest BCUT2D eigenvalue weighted by Gasteiger charge is 2.27. The average Bonchev–Trinajstić information content (AvgIpc) is 3.24. The van der Waals surface area contributed by atoms with E-state index in [1.807, 2.05) is 0 Å². The van der Waals surface area contributed by atoms with Crippen LogP contribution in [0.25, 0.3) is 10.9 Å². The predicted molar refractivity (Wildman–Crippen MR) is 152 cm³/mol. The van der Waals surface area contributed by atoms with Crippen molar-refractivity contribution in [1.29, 1.82) is 0 Å². The lowest BCUT2D eigenvalue weighted by molar-refractivity contribution is -0.122. The summed E-state index contributed by atoms with van der Waals surface area (Å²) in [5.41, 5.74) is 11.1. The van der Waals surface area contributed by atoms with Crippen LogP contribution < -0.4 is 11.1 Å². The van der Waals surface area contributed by atoms with Gasteiger partial charge in [-0.1, -0.05) is 61.2 Å². The quantitative estimate of drug-likeness (QED) is 0.327. The minimum Gasteiger partial charge on any atom is -0.353 e. The van der Waals surface area contributed by atoms with Crippen LogP contribution in [0.5, 0.6) is 0 Å². The van der Waals surface area contributed by atoms with Crippen molar-refractivity contribution in [2.75, 3.05) is 0 Å². The number of amides is 1. The second-order valence-corrected chi connectivity index (χ2v) is 12.1. The highest BCUT2D eigenvalue weighted by molar-refractivity contribution is 9.10. The molecular weight excluding hydrogens is 510 g/mol. The number of benzene rings is 2. The number of fused-ring (bicyclic) bond motifs is 1. The van der Waals surface area contributed by atoms with Crippen molar-refractivity contribution in [3.8, 4) is 0 Å². The Labute approximate surface area is 224 Å². The second-order valence-electron chi connectivity index (χ2n) is 11.2. The third-order valence-electron chi connectivity index (χ3n) is 8.41. The SMILES string of the molecule is Cc1cccc(C(CC(=O)N[C@H]2CC[C@H](N)CC2)c2cn(CC3CCCCC3)c3c(Br)cccc23)c1. The van der Waals surface area contributed by atoms with Crippen molar-refractivity contribution >= 4 is 32.7 Å². The molecule has 2 aliphatic rings. The van der Waals surface area contributed by atoms with Crippen molar-refractivity contribution in [2.45, 2.75) is 95.7 Å². The summed E-state index contributed by atoms with van der Waals surface area (Å²) in [7, 11) is 0. The second kappa shape index (κ2) is 11.5. The average molecular weight is 551 g/mol. The number of aromatic nitrogens is 1. The summed E-state index contributed by atoms with van der Waals surface area (Å²) < 4.78 is 3.60. The van der Waals surface area contributed by atoms with E-state index < -0.39 is 0 Å². The number of nitrogens with zero attached hydrogens (tertiary/aromatic N) is 1. The molecular formula is C31H40BrN3O. The van der Waals surface area contributed by atoms with Gasteiger partial charge in [0.2, 0.25) is 5.91 Å². The van der Waals surface area contributed by atoms with Crippen molar-refractivity contribution in [3.63, 3.8) is 0 Å². The molecule has 2 aromatic carbocycles. The summed E-state index contributed by atoms with van der Waals surface area (Å²) >= 11 is 3.85. The van der Waals surface area contributed by atoms with E-state index in [1.165, 1.54) is 59.7 Å². The van der Waals surface area contributed by atoms with Gasteiger partial charge in [-0.05, 0) is 84.5 Å². The van der Waals surface area contributed by atoms with Crippen LogP contribution in [0.1, 0.15) is 86.8 Å². The number of rotatable bonds is 7. The standard InChI is InChI=1S/C31H40BrN3O/c1-21-7-5-10-23(17-21)27(18-30(36)34-25-15-13-24(33)14-16-25)28-20-35(19-22-8-3-2-4-9-22)31-26(28)11-6-12-29(31)32/h5-7,10-12,17,20,22,24-25,27H,2-4,8-9,13-16,18-19,33H2,1H3,(H,34,36)/t24-,25-,27?. The molecule has 1 heterocycles. The first-order chi connectivity index (χ1) is 17.5. The Morgan fingerprint density at radius 2 is 1.81 bits per heavy atom. The molecule has 0 spiro atoms. The number of carbonyl (C=O) groups excluding carboxylic acids is 1. The van der Waals surface area contributed by atoms with E-state index >= 15 is 0 Å². The Bertz CT molecular complexity index is 1190. The van der Waals surface area contributed by atoms with E-state index in [4.69, 9.17) is 5.73 Å².